The largest absolute Gasteiger partial charge is 0.481 e. The van der Waals surface area contributed by atoms with Crippen molar-refractivity contribution in [1.29, 1.82) is 0 Å². The van der Waals surface area contributed by atoms with Crippen molar-refractivity contribution < 1.29 is 27.5 Å². The molecule has 0 atom stereocenters. The van der Waals surface area contributed by atoms with E-state index >= 15 is 0 Å². The Morgan fingerprint density at radius 1 is 1.15 bits per heavy atom. The summed E-state index contributed by atoms with van der Waals surface area (Å²) < 4.78 is 56.2. The molecule has 1 saturated carbocycles. The van der Waals surface area contributed by atoms with Crippen LogP contribution in [0.3, 0.4) is 0 Å². The molecule has 40 heavy (non-hydrogen) atoms. The Kier molecular flexibility index (Phi) is 5.85. The summed E-state index contributed by atoms with van der Waals surface area (Å²) >= 11 is 0. The number of hydrogen-bond donors (Lipinski definition) is 4. The molecule has 0 spiro atoms. The molecule has 6 rings (SSSR count). The molecular weight excluding hydrogens is 532 g/mol. The summed E-state index contributed by atoms with van der Waals surface area (Å²) in [6, 6.07) is 3.47. The number of aliphatic carboxylic acids is 1. The molecule has 4 aromatic heterocycles. The summed E-state index contributed by atoms with van der Waals surface area (Å²) in [4.78, 5) is 27.6. The molecule has 10 nitrogen and oxygen atoms in total. The first-order valence-corrected chi connectivity index (χ1v) is 12.4. The van der Waals surface area contributed by atoms with Crippen LogP contribution in [0.2, 0.25) is 0 Å². The molecule has 4 N–H and O–H groups in total. The smallest absolute Gasteiger partial charge is 0.435 e. The summed E-state index contributed by atoms with van der Waals surface area (Å²) in [5.41, 5.74) is 0.425. The predicted octanol–water partition coefficient (Wildman–Crippen LogP) is 5.23. The lowest BCUT2D eigenvalue weighted by Crippen LogP contribution is -2.24. The number of H-pyrrole nitrogens is 1. The third kappa shape index (κ3) is 4.34. The van der Waals surface area contributed by atoms with Crippen LogP contribution in [-0.4, -0.2) is 53.9 Å². The third-order valence-corrected chi connectivity index (χ3v) is 7.00. The molecule has 0 radical (unpaired) electrons. The van der Waals surface area contributed by atoms with Gasteiger partial charge in [0.2, 0.25) is 5.95 Å². The Hall–Kier alpha value is -4.75. The molecular formula is C26H22F4N8O2. The molecule has 0 amide bonds. The molecule has 1 aliphatic rings. The topological polar surface area (TPSA) is 134 Å². The van der Waals surface area contributed by atoms with Crippen molar-refractivity contribution >= 4 is 39.5 Å². The summed E-state index contributed by atoms with van der Waals surface area (Å²) in [7, 11) is 0. The standard InChI is InChI=1S/C26H22F4N8O2/c1-2-31-17-8-14(27)7-15-19-21(38-6-3-18(37-38)26(28,29)30)16(11-32-22(19)36-20(15)17)13-9-33-24(34-10-13)35-12-25(4-5-25)23(39)40/h3,6-11,31H,2,4-5,12H2,1H3,(H,32,36)(H,39,40)(H,33,34,35). The van der Waals surface area contributed by atoms with Crippen LogP contribution in [0.1, 0.15) is 25.5 Å². The second-order valence-corrected chi connectivity index (χ2v) is 9.65. The Morgan fingerprint density at radius 2 is 1.90 bits per heavy atom. The van der Waals surface area contributed by atoms with E-state index in [4.69, 9.17) is 0 Å². The van der Waals surface area contributed by atoms with Crippen molar-refractivity contribution in [3.63, 3.8) is 0 Å². The summed E-state index contributed by atoms with van der Waals surface area (Å²) in [5, 5.41) is 20.0. The highest BCUT2D eigenvalue weighted by Crippen LogP contribution is 2.45. The highest BCUT2D eigenvalue weighted by Gasteiger charge is 2.50. The van der Waals surface area contributed by atoms with E-state index in [2.05, 4.69) is 35.7 Å². The van der Waals surface area contributed by atoms with Gasteiger partial charge in [0.1, 0.15) is 11.5 Å². The molecule has 0 saturated heterocycles. The number of pyridine rings is 1. The molecule has 0 unspecified atom stereocenters. The minimum absolute atomic E-state index is 0.170. The number of carbonyl (C=O) groups is 1. The lowest BCUT2D eigenvalue weighted by molar-refractivity contribution is -0.143. The predicted molar refractivity (Wildman–Crippen MR) is 139 cm³/mol. The molecule has 1 fully saturated rings. The van der Waals surface area contributed by atoms with Crippen LogP contribution in [-0.2, 0) is 11.0 Å². The summed E-state index contributed by atoms with van der Waals surface area (Å²) in [5.74, 6) is -1.22. The van der Waals surface area contributed by atoms with Crippen LogP contribution in [0.25, 0.3) is 38.8 Å². The molecule has 206 valence electrons. The third-order valence-electron chi connectivity index (χ3n) is 7.00. The van der Waals surface area contributed by atoms with Gasteiger partial charge in [-0.05, 0) is 38.0 Å². The van der Waals surface area contributed by atoms with Crippen LogP contribution in [0.5, 0.6) is 0 Å². The van der Waals surface area contributed by atoms with E-state index in [9.17, 15) is 27.5 Å². The zero-order chi connectivity index (χ0) is 28.2. The number of halogens is 4. The van der Waals surface area contributed by atoms with E-state index in [1.165, 1.54) is 36.9 Å². The Balaban J connectivity index is 1.50. The van der Waals surface area contributed by atoms with Gasteiger partial charge in [0.05, 0.1) is 27.7 Å². The minimum Gasteiger partial charge on any atom is -0.481 e. The van der Waals surface area contributed by atoms with Crippen LogP contribution in [0.4, 0.5) is 29.2 Å². The maximum Gasteiger partial charge on any atom is 0.435 e. The Labute approximate surface area is 223 Å². The summed E-state index contributed by atoms with van der Waals surface area (Å²) in [6.45, 7) is 2.54. The molecule has 1 aromatic carbocycles. The van der Waals surface area contributed by atoms with E-state index in [-0.39, 0.29) is 18.2 Å². The molecule has 0 aliphatic heterocycles. The molecule has 0 bridgehead atoms. The van der Waals surface area contributed by atoms with Crippen molar-refractivity contribution in [2.75, 3.05) is 23.7 Å². The van der Waals surface area contributed by atoms with Gasteiger partial charge < -0.3 is 20.7 Å². The lowest BCUT2D eigenvalue weighted by atomic mass is 10.0. The van der Waals surface area contributed by atoms with E-state index in [0.29, 0.717) is 58.1 Å². The normalized spacial score (nSPS) is 14.5. The fourth-order valence-electron chi connectivity index (χ4n) is 4.71. The first-order chi connectivity index (χ1) is 19.1. The van der Waals surface area contributed by atoms with Crippen molar-refractivity contribution in [2.45, 2.75) is 25.9 Å². The van der Waals surface area contributed by atoms with Crippen molar-refractivity contribution in [1.82, 2.24) is 29.7 Å². The van der Waals surface area contributed by atoms with Gasteiger partial charge in [0.25, 0.3) is 0 Å². The van der Waals surface area contributed by atoms with E-state index in [1.54, 1.807) is 0 Å². The van der Waals surface area contributed by atoms with Gasteiger partial charge in [-0.3, -0.25) is 4.79 Å². The van der Waals surface area contributed by atoms with Gasteiger partial charge in [0, 0.05) is 54.4 Å². The number of fused-ring (bicyclic) bond motifs is 3. The van der Waals surface area contributed by atoms with Gasteiger partial charge in [-0.2, -0.15) is 18.3 Å². The van der Waals surface area contributed by atoms with Gasteiger partial charge in [-0.15, -0.1) is 0 Å². The van der Waals surface area contributed by atoms with Crippen LogP contribution in [0.15, 0.2) is 43.0 Å². The molecule has 5 aromatic rings. The number of nitrogens with one attached hydrogen (secondary N) is 3. The van der Waals surface area contributed by atoms with Gasteiger partial charge >= 0.3 is 12.1 Å². The van der Waals surface area contributed by atoms with Crippen LogP contribution >= 0.6 is 0 Å². The number of carboxylic acid groups (broad SMARTS) is 1. The quantitative estimate of drug-likeness (QED) is 0.192. The number of aromatic nitrogens is 6. The van der Waals surface area contributed by atoms with E-state index in [0.717, 1.165) is 10.7 Å². The highest BCUT2D eigenvalue weighted by atomic mass is 19.4. The molecule has 14 heteroatoms. The second-order valence-electron chi connectivity index (χ2n) is 9.65. The number of alkyl halides is 3. The zero-order valence-corrected chi connectivity index (χ0v) is 21.0. The first kappa shape index (κ1) is 25.5. The van der Waals surface area contributed by atoms with Crippen molar-refractivity contribution in [2.24, 2.45) is 5.41 Å². The monoisotopic (exact) mass is 554 g/mol. The molecule has 1 aliphatic carbocycles. The zero-order valence-electron chi connectivity index (χ0n) is 21.0. The number of hydrogen-bond acceptors (Lipinski definition) is 7. The average Bonchev–Trinajstić information content (AvgIpc) is 3.37. The van der Waals surface area contributed by atoms with Crippen molar-refractivity contribution in [3.05, 3.63) is 54.5 Å². The number of benzene rings is 1. The number of anilines is 2. The number of nitrogens with zero attached hydrogens (tertiary/aromatic N) is 5. The second kappa shape index (κ2) is 9.17. The Morgan fingerprint density at radius 3 is 2.52 bits per heavy atom. The van der Waals surface area contributed by atoms with E-state index in [1.807, 2.05) is 6.92 Å². The summed E-state index contributed by atoms with van der Waals surface area (Å²) in [6.07, 6.45) is 2.00. The van der Waals surface area contributed by atoms with Crippen LogP contribution < -0.4 is 10.6 Å². The fraction of sp³-hybridized carbons (Fsp3) is 0.269. The lowest BCUT2D eigenvalue weighted by Gasteiger charge is -2.13. The Bertz CT molecular complexity index is 1760. The van der Waals surface area contributed by atoms with Gasteiger partial charge in [-0.1, -0.05) is 0 Å². The SMILES string of the molecule is CCNc1cc(F)cc2c1[nH]c1ncc(-c3cnc(NCC4(C(=O)O)CC4)nc3)c(-n3ccc(C(F)(F)F)n3)c12. The van der Waals surface area contributed by atoms with Gasteiger partial charge in [0.15, 0.2) is 5.69 Å². The highest BCUT2D eigenvalue weighted by molar-refractivity contribution is 6.15. The maximum atomic E-state index is 14.7. The first-order valence-electron chi connectivity index (χ1n) is 12.4. The van der Waals surface area contributed by atoms with Crippen LogP contribution in [0, 0.1) is 11.2 Å². The van der Waals surface area contributed by atoms with Gasteiger partial charge in [-0.25, -0.2) is 24.0 Å². The fourth-order valence-corrected chi connectivity index (χ4v) is 4.71. The number of rotatable bonds is 8. The minimum atomic E-state index is -4.67. The number of aromatic amines is 1. The average molecular weight is 555 g/mol. The van der Waals surface area contributed by atoms with E-state index < -0.39 is 29.1 Å². The maximum absolute atomic E-state index is 14.7. The molecule has 4 heterocycles. The number of carboxylic acids is 1. The van der Waals surface area contributed by atoms with Crippen molar-refractivity contribution in [3.8, 4) is 16.8 Å².